The first-order chi connectivity index (χ1) is 13.1. The van der Waals surface area contributed by atoms with Gasteiger partial charge in [0.15, 0.2) is 0 Å². The Morgan fingerprint density at radius 1 is 1.11 bits per heavy atom. The van der Waals surface area contributed by atoms with Gasteiger partial charge in [0.2, 0.25) is 5.91 Å². The number of carbonyl (C=O) groups is 1. The van der Waals surface area contributed by atoms with Crippen LogP contribution >= 0.6 is 0 Å². The van der Waals surface area contributed by atoms with Crippen molar-refractivity contribution in [3.63, 3.8) is 0 Å². The average molecular weight is 368 g/mol. The molecule has 0 radical (unpaired) electrons. The highest BCUT2D eigenvalue weighted by Gasteiger charge is 2.12. The molecule has 3 aromatic rings. The van der Waals surface area contributed by atoms with Gasteiger partial charge in [-0.15, -0.1) is 5.10 Å². The predicted octanol–water partition coefficient (Wildman–Crippen LogP) is 0.928. The highest BCUT2D eigenvalue weighted by Crippen LogP contribution is 2.22. The highest BCUT2D eigenvalue weighted by molar-refractivity contribution is 5.78. The average Bonchev–Trinajstić information content (AvgIpc) is 2.68. The summed E-state index contributed by atoms with van der Waals surface area (Å²) >= 11 is 0. The van der Waals surface area contributed by atoms with Crippen molar-refractivity contribution in [1.29, 1.82) is 0 Å². The summed E-state index contributed by atoms with van der Waals surface area (Å²) in [4.78, 5) is 34.8. The quantitative estimate of drug-likeness (QED) is 0.360. The molecule has 0 atom stereocenters. The van der Waals surface area contributed by atoms with Gasteiger partial charge in [-0.05, 0) is 18.2 Å². The fourth-order valence-corrected chi connectivity index (χ4v) is 2.50. The van der Waals surface area contributed by atoms with Gasteiger partial charge in [0.05, 0.1) is 10.3 Å². The minimum absolute atomic E-state index is 0.0400. The van der Waals surface area contributed by atoms with Gasteiger partial charge >= 0.3 is 0 Å². The maximum absolute atomic E-state index is 12.3. The number of amides is 1. The summed E-state index contributed by atoms with van der Waals surface area (Å²) < 4.78 is 0.993. The number of nitro benzene ring substituents is 1. The molecule has 3 rings (SSSR count). The standard InChI is InChI=1S/C17H16N6O4/c24-16(11-22-17(25)12-5-1-2-6-13(12)20-21-22)19-10-9-18-14-7-3-4-8-15(14)23(26)27/h1-8,18H,9-11H2,(H,19,24). The molecule has 0 aliphatic carbocycles. The first kappa shape index (κ1) is 18.0. The van der Waals surface area contributed by atoms with Gasteiger partial charge in [0.1, 0.15) is 17.7 Å². The third-order valence-corrected chi connectivity index (χ3v) is 3.79. The normalized spacial score (nSPS) is 10.5. The molecular weight excluding hydrogens is 352 g/mol. The Kier molecular flexibility index (Phi) is 5.36. The minimum Gasteiger partial charge on any atom is -0.378 e. The number of nitro groups is 1. The zero-order chi connectivity index (χ0) is 19.2. The number of hydrogen-bond acceptors (Lipinski definition) is 7. The van der Waals surface area contributed by atoms with E-state index in [9.17, 15) is 19.7 Å². The number of carbonyl (C=O) groups excluding carboxylic acids is 1. The molecule has 2 N–H and O–H groups in total. The second-order valence-electron chi connectivity index (χ2n) is 5.62. The van der Waals surface area contributed by atoms with Crippen molar-refractivity contribution < 1.29 is 9.72 Å². The van der Waals surface area contributed by atoms with Crippen LogP contribution in [0.1, 0.15) is 0 Å². The summed E-state index contributed by atoms with van der Waals surface area (Å²) in [6, 6.07) is 13.0. The van der Waals surface area contributed by atoms with Gasteiger partial charge < -0.3 is 10.6 Å². The van der Waals surface area contributed by atoms with Crippen molar-refractivity contribution in [1.82, 2.24) is 20.3 Å². The summed E-state index contributed by atoms with van der Waals surface area (Å²) in [5, 5.41) is 24.5. The molecule has 1 heterocycles. The van der Waals surface area contributed by atoms with E-state index in [0.29, 0.717) is 16.6 Å². The van der Waals surface area contributed by atoms with Crippen LogP contribution in [-0.4, -0.2) is 38.9 Å². The Morgan fingerprint density at radius 3 is 2.67 bits per heavy atom. The van der Waals surface area contributed by atoms with Gasteiger partial charge in [-0.25, -0.2) is 4.68 Å². The van der Waals surface area contributed by atoms with Gasteiger partial charge in [-0.1, -0.05) is 29.5 Å². The molecule has 0 unspecified atom stereocenters. The van der Waals surface area contributed by atoms with Crippen LogP contribution in [0.2, 0.25) is 0 Å². The molecule has 1 amide bonds. The van der Waals surface area contributed by atoms with Crippen LogP contribution in [-0.2, 0) is 11.3 Å². The summed E-state index contributed by atoms with van der Waals surface area (Å²) in [5.74, 6) is -0.411. The van der Waals surface area contributed by atoms with E-state index in [0.717, 1.165) is 4.68 Å². The van der Waals surface area contributed by atoms with E-state index in [4.69, 9.17) is 0 Å². The lowest BCUT2D eigenvalue weighted by atomic mass is 10.2. The number of rotatable bonds is 7. The number of aromatic nitrogens is 3. The lowest BCUT2D eigenvalue weighted by Crippen LogP contribution is -2.36. The van der Waals surface area contributed by atoms with Crippen molar-refractivity contribution in [2.24, 2.45) is 0 Å². The Hall–Kier alpha value is -3.82. The van der Waals surface area contributed by atoms with Gasteiger partial charge in [0.25, 0.3) is 11.2 Å². The summed E-state index contributed by atoms with van der Waals surface area (Å²) in [5.41, 5.74) is 0.400. The van der Waals surface area contributed by atoms with E-state index < -0.39 is 16.4 Å². The van der Waals surface area contributed by atoms with Crippen LogP contribution in [0.3, 0.4) is 0 Å². The molecule has 0 spiro atoms. The van der Waals surface area contributed by atoms with E-state index in [2.05, 4.69) is 20.9 Å². The largest absolute Gasteiger partial charge is 0.378 e. The van der Waals surface area contributed by atoms with Gasteiger partial charge in [0, 0.05) is 19.2 Å². The fourth-order valence-electron chi connectivity index (χ4n) is 2.50. The SMILES string of the molecule is O=C(Cn1nnc2ccccc2c1=O)NCCNc1ccccc1[N+](=O)[O-]. The lowest BCUT2D eigenvalue weighted by molar-refractivity contribution is -0.384. The summed E-state index contributed by atoms with van der Waals surface area (Å²) in [6.45, 7) is 0.248. The zero-order valence-corrected chi connectivity index (χ0v) is 14.2. The molecule has 0 aliphatic rings. The highest BCUT2D eigenvalue weighted by atomic mass is 16.6. The van der Waals surface area contributed by atoms with Gasteiger partial charge in [-0.3, -0.25) is 19.7 Å². The summed E-state index contributed by atoms with van der Waals surface area (Å²) in [6.07, 6.45) is 0. The second-order valence-corrected chi connectivity index (χ2v) is 5.62. The molecule has 0 saturated heterocycles. The monoisotopic (exact) mass is 368 g/mol. The Labute approximate surface area is 153 Å². The maximum Gasteiger partial charge on any atom is 0.292 e. The van der Waals surface area contributed by atoms with Crippen LogP contribution in [0.5, 0.6) is 0 Å². The topological polar surface area (TPSA) is 132 Å². The Balaban J connectivity index is 1.54. The number of hydrogen-bond donors (Lipinski definition) is 2. The molecule has 0 bridgehead atoms. The van der Waals surface area contributed by atoms with Crippen LogP contribution in [0.4, 0.5) is 11.4 Å². The first-order valence-corrected chi connectivity index (χ1v) is 8.13. The first-order valence-electron chi connectivity index (χ1n) is 8.13. The predicted molar refractivity (Wildman–Crippen MR) is 98.4 cm³/mol. The van der Waals surface area contributed by atoms with E-state index in [1.165, 1.54) is 6.07 Å². The molecule has 0 fully saturated rings. The Bertz CT molecular complexity index is 1050. The number of nitrogens with one attached hydrogen (secondary N) is 2. The molecule has 0 aliphatic heterocycles. The molecule has 2 aromatic carbocycles. The number of benzene rings is 2. The van der Waals surface area contributed by atoms with Gasteiger partial charge in [-0.2, -0.15) is 0 Å². The maximum atomic E-state index is 12.3. The third-order valence-electron chi connectivity index (χ3n) is 3.79. The van der Waals surface area contributed by atoms with E-state index in [1.54, 1.807) is 42.5 Å². The molecule has 1 aromatic heterocycles. The van der Waals surface area contributed by atoms with Crippen molar-refractivity contribution in [3.05, 3.63) is 69.0 Å². The second kappa shape index (κ2) is 8.04. The smallest absolute Gasteiger partial charge is 0.292 e. The summed E-state index contributed by atoms with van der Waals surface area (Å²) in [7, 11) is 0. The Morgan fingerprint density at radius 2 is 1.85 bits per heavy atom. The van der Waals surface area contributed by atoms with Crippen molar-refractivity contribution in [2.45, 2.75) is 6.54 Å². The van der Waals surface area contributed by atoms with E-state index in [1.807, 2.05) is 0 Å². The number of para-hydroxylation sites is 2. The number of anilines is 1. The molecule has 10 nitrogen and oxygen atoms in total. The van der Waals surface area contributed by atoms with Crippen LogP contribution < -0.4 is 16.2 Å². The lowest BCUT2D eigenvalue weighted by Gasteiger charge is -2.09. The van der Waals surface area contributed by atoms with Crippen molar-refractivity contribution >= 4 is 28.2 Å². The molecule has 27 heavy (non-hydrogen) atoms. The zero-order valence-electron chi connectivity index (χ0n) is 14.2. The fraction of sp³-hybridized carbons (Fsp3) is 0.176. The third kappa shape index (κ3) is 4.24. The minimum atomic E-state index is -0.480. The molecular formula is C17H16N6O4. The van der Waals surface area contributed by atoms with E-state index in [-0.39, 0.29) is 25.3 Å². The van der Waals surface area contributed by atoms with Crippen LogP contribution in [0.25, 0.3) is 10.9 Å². The number of nitrogens with zero attached hydrogens (tertiary/aromatic N) is 4. The van der Waals surface area contributed by atoms with Crippen LogP contribution in [0, 0.1) is 10.1 Å². The molecule has 10 heteroatoms. The molecule has 0 saturated carbocycles. The molecule has 138 valence electrons. The number of fused-ring (bicyclic) bond motifs is 1. The van der Waals surface area contributed by atoms with E-state index >= 15 is 0 Å². The van der Waals surface area contributed by atoms with Crippen LogP contribution in [0.15, 0.2) is 53.3 Å². The van der Waals surface area contributed by atoms with Crippen molar-refractivity contribution in [3.8, 4) is 0 Å². The van der Waals surface area contributed by atoms with Crippen molar-refractivity contribution in [2.75, 3.05) is 18.4 Å².